The first-order valence-electron chi connectivity index (χ1n) is 11.3. The highest BCUT2D eigenvalue weighted by Gasteiger charge is 2.23. The third-order valence-electron chi connectivity index (χ3n) is 5.75. The number of fused-ring (bicyclic) bond motifs is 1. The van der Waals surface area contributed by atoms with Crippen LogP contribution in [0.15, 0.2) is 74.7 Å². The van der Waals surface area contributed by atoms with Crippen LogP contribution in [0.2, 0.25) is 5.02 Å². The largest absolute Gasteiger partial charge is 0.366 e. The van der Waals surface area contributed by atoms with E-state index in [1.54, 1.807) is 24.6 Å². The summed E-state index contributed by atoms with van der Waals surface area (Å²) in [7, 11) is -3.76. The predicted molar refractivity (Wildman–Crippen MR) is 145 cm³/mol. The van der Waals surface area contributed by atoms with Gasteiger partial charge < -0.3 is 9.84 Å². The Balaban J connectivity index is 1.36. The summed E-state index contributed by atoms with van der Waals surface area (Å²) in [6, 6.07) is 17.1. The second-order valence-electron chi connectivity index (χ2n) is 8.39. The highest BCUT2D eigenvalue weighted by Crippen LogP contribution is 2.30. The number of aryl methyl sites for hydroxylation is 2. The van der Waals surface area contributed by atoms with Gasteiger partial charge in [-0.1, -0.05) is 59.2 Å². The fourth-order valence-corrected chi connectivity index (χ4v) is 5.94. The lowest BCUT2D eigenvalue weighted by atomic mass is 10.1. The molecule has 2 aromatic carbocycles. The molecule has 12 heteroatoms. The smallest absolute Gasteiger partial charge is 0.246 e. The van der Waals surface area contributed by atoms with Gasteiger partial charge in [0, 0.05) is 29.7 Å². The molecular weight excluding hydrogens is 580 g/mol. The Morgan fingerprint density at radius 2 is 1.81 bits per heavy atom. The van der Waals surface area contributed by atoms with E-state index in [9.17, 15) is 8.42 Å². The van der Waals surface area contributed by atoms with Gasteiger partial charge in [-0.3, -0.25) is 0 Å². The van der Waals surface area contributed by atoms with Crippen molar-refractivity contribution in [3.63, 3.8) is 0 Å². The van der Waals surface area contributed by atoms with Crippen molar-refractivity contribution in [1.82, 2.24) is 24.5 Å². The standard InChI is InChI=1S/C25H22BrClN6O3S/c1-15-24(16(2)36-32-15)37(34,35)30-13-18-7-5-6-17(10-18)12-28-23-11-22(19-8-3-4-9-21(19)27)31-25-20(26)14-29-33(23)25/h3-11,14,28,30H,12-13H2,1-2H3. The SMILES string of the molecule is Cc1noc(C)c1S(=O)(=O)NCc1cccc(CNc2cc(-c3ccccc3Cl)nc3c(Br)cnn23)c1. The molecule has 9 nitrogen and oxygen atoms in total. The third-order valence-corrected chi connectivity index (χ3v) is 8.28. The fraction of sp³-hybridized carbons (Fsp3) is 0.160. The van der Waals surface area contributed by atoms with E-state index in [-0.39, 0.29) is 17.2 Å². The zero-order valence-electron chi connectivity index (χ0n) is 19.9. The van der Waals surface area contributed by atoms with Crippen molar-refractivity contribution in [2.75, 3.05) is 5.32 Å². The number of nitrogens with one attached hydrogen (secondary N) is 2. The van der Waals surface area contributed by atoms with Crippen molar-refractivity contribution >= 4 is 49.0 Å². The minimum absolute atomic E-state index is 0.0757. The normalized spacial score (nSPS) is 11.8. The molecule has 0 saturated heterocycles. The fourth-order valence-electron chi connectivity index (χ4n) is 4.02. The zero-order valence-corrected chi connectivity index (χ0v) is 23.0. The van der Waals surface area contributed by atoms with Gasteiger partial charge in [0.15, 0.2) is 11.4 Å². The lowest BCUT2D eigenvalue weighted by molar-refractivity contribution is 0.390. The molecule has 0 unspecified atom stereocenters. The predicted octanol–water partition coefficient (Wildman–Crippen LogP) is 5.51. The van der Waals surface area contributed by atoms with Crippen molar-refractivity contribution in [3.8, 4) is 11.3 Å². The molecule has 2 N–H and O–H groups in total. The van der Waals surface area contributed by atoms with E-state index >= 15 is 0 Å². The molecule has 0 atom stereocenters. The Morgan fingerprint density at radius 3 is 2.54 bits per heavy atom. The number of hydrogen-bond donors (Lipinski definition) is 2. The Hall–Kier alpha value is -3.25. The molecule has 5 rings (SSSR count). The average Bonchev–Trinajstić information content (AvgIpc) is 3.43. The van der Waals surface area contributed by atoms with Crippen LogP contribution in [0.3, 0.4) is 0 Å². The summed E-state index contributed by atoms with van der Waals surface area (Å²) in [5.74, 6) is 0.989. The minimum atomic E-state index is -3.76. The summed E-state index contributed by atoms with van der Waals surface area (Å²) in [4.78, 5) is 4.80. The van der Waals surface area contributed by atoms with Crippen molar-refractivity contribution in [3.05, 3.63) is 92.9 Å². The Labute approximate surface area is 227 Å². The Kier molecular flexibility index (Phi) is 7.04. The molecule has 0 aliphatic carbocycles. The number of aromatic nitrogens is 4. The van der Waals surface area contributed by atoms with Gasteiger partial charge in [0.1, 0.15) is 16.4 Å². The quantitative estimate of drug-likeness (QED) is 0.241. The van der Waals surface area contributed by atoms with Gasteiger partial charge in [-0.25, -0.2) is 18.1 Å². The van der Waals surface area contributed by atoms with E-state index in [2.05, 4.69) is 36.2 Å². The van der Waals surface area contributed by atoms with Gasteiger partial charge in [0.05, 0.1) is 16.4 Å². The number of hydrogen-bond acceptors (Lipinski definition) is 7. The summed E-state index contributed by atoms with van der Waals surface area (Å²) in [5, 5.41) is 12.2. The first-order chi connectivity index (χ1) is 17.7. The van der Waals surface area contributed by atoms with Crippen LogP contribution in [0.25, 0.3) is 16.9 Å². The number of halogens is 2. The number of anilines is 1. The Bertz CT molecular complexity index is 1700. The molecule has 0 aliphatic heterocycles. The second-order valence-corrected chi connectivity index (χ2v) is 11.4. The van der Waals surface area contributed by atoms with Gasteiger partial charge >= 0.3 is 0 Å². The molecule has 0 spiro atoms. The van der Waals surface area contributed by atoms with E-state index in [1.165, 1.54) is 0 Å². The molecular formula is C25H22BrClN6O3S. The van der Waals surface area contributed by atoms with E-state index in [0.29, 0.717) is 28.6 Å². The maximum Gasteiger partial charge on any atom is 0.246 e. The second kappa shape index (κ2) is 10.3. The summed E-state index contributed by atoms with van der Waals surface area (Å²) in [6.45, 7) is 3.78. The molecule has 5 aromatic rings. The first-order valence-corrected chi connectivity index (χ1v) is 13.9. The van der Waals surface area contributed by atoms with Crippen LogP contribution in [-0.2, 0) is 23.1 Å². The molecule has 0 bridgehead atoms. The van der Waals surface area contributed by atoms with Gasteiger partial charge in [0.2, 0.25) is 10.0 Å². The monoisotopic (exact) mass is 600 g/mol. The van der Waals surface area contributed by atoms with Crippen LogP contribution in [0.5, 0.6) is 0 Å². The van der Waals surface area contributed by atoms with Crippen LogP contribution in [0.4, 0.5) is 5.82 Å². The molecule has 37 heavy (non-hydrogen) atoms. The van der Waals surface area contributed by atoms with Gasteiger partial charge in [-0.05, 0) is 47.0 Å². The van der Waals surface area contributed by atoms with E-state index in [1.807, 2.05) is 54.6 Å². The Morgan fingerprint density at radius 1 is 1.05 bits per heavy atom. The van der Waals surface area contributed by atoms with Crippen LogP contribution >= 0.6 is 27.5 Å². The molecule has 3 aromatic heterocycles. The van der Waals surface area contributed by atoms with Gasteiger partial charge in [-0.15, -0.1) is 0 Å². The van der Waals surface area contributed by atoms with E-state index in [4.69, 9.17) is 21.1 Å². The summed E-state index contributed by atoms with van der Waals surface area (Å²) in [6.07, 6.45) is 1.69. The summed E-state index contributed by atoms with van der Waals surface area (Å²) >= 11 is 9.94. The number of benzene rings is 2. The molecule has 0 saturated carbocycles. The molecule has 0 aliphatic rings. The van der Waals surface area contributed by atoms with E-state index in [0.717, 1.165) is 27.0 Å². The van der Waals surface area contributed by atoms with Crippen molar-refractivity contribution in [2.24, 2.45) is 0 Å². The molecule has 0 amide bonds. The third kappa shape index (κ3) is 5.26. The maximum atomic E-state index is 12.8. The van der Waals surface area contributed by atoms with Crippen LogP contribution in [-0.4, -0.2) is 28.2 Å². The molecule has 0 fully saturated rings. The minimum Gasteiger partial charge on any atom is -0.366 e. The number of rotatable bonds is 8. The van der Waals surface area contributed by atoms with E-state index < -0.39 is 10.0 Å². The lowest BCUT2D eigenvalue weighted by Crippen LogP contribution is -2.24. The highest BCUT2D eigenvalue weighted by atomic mass is 79.9. The molecule has 3 heterocycles. The molecule has 190 valence electrons. The zero-order chi connectivity index (χ0) is 26.2. The van der Waals surface area contributed by atoms with Crippen LogP contribution in [0.1, 0.15) is 22.6 Å². The van der Waals surface area contributed by atoms with Crippen molar-refractivity contribution in [2.45, 2.75) is 31.8 Å². The average molecular weight is 602 g/mol. The maximum absolute atomic E-state index is 12.8. The first kappa shape index (κ1) is 25.4. The summed E-state index contributed by atoms with van der Waals surface area (Å²) < 4.78 is 35.6. The van der Waals surface area contributed by atoms with Crippen LogP contribution in [0, 0.1) is 13.8 Å². The van der Waals surface area contributed by atoms with Crippen LogP contribution < -0.4 is 10.0 Å². The van der Waals surface area contributed by atoms with Gasteiger partial charge in [-0.2, -0.15) is 9.61 Å². The highest BCUT2D eigenvalue weighted by molar-refractivity contribution is 9.10. The topological polar surface area (TPSA) is 114 Å². The summed E-state index contributed by atoms with van der Waals surface area (Å²) in [5.41, 5.74) is 4.28. The van der Waals surface area contributed by atoms with Crippen molar-refractivity contribution < 1.29 is 12.9 Å². The van der Waals surface area contributed by atoms with Crippen molar-refractivity contribution in [1.29, 1.82) is 0 Å². The lowest BCUT2D eigenvalue weighted by Gasteiger charge is -2.12. The number of sulfonamides is 1. The molecule has 0 radical (unpaired) electrons. The number of nitrogens with zero attached hydrogens (tertiary/aromatic N) is 4. The van der Waals surface area contributed by atoms with Gasteiger partial charge in [0.25, 0.3) is 0 Å².